The zero-order valence-corrected chi connectivity index (χ0v) is 19.9. The first-order chi connectivity index (χ1) is 15.6. The molecule has 0 saturated carbocycles. The number of primary sulfonamides is 1. The van der Waals surface area contributed by atoms with Gasteiger partial charge < -0.3 is 9.30 Å². The smallest absolute Gasteiger partial charge is 0.277 e. The van der Waals surface area contributed by atoms with Gasteiger partial charge in [-0.1, -0.05) is 13.0 Å². The lowest BCUT2D eigenvalue weighted by Gasteiger charge is -2.10. The van der Waals surface area contributed by atoms with Crippen LogP contribution in [0.15, 0.2) is 58.5 Å². The van der Waals surface area contributed by atoms with Gasteiger partial charge in [-0.25, -0.2) is 19.0 Å². The first-order valence-electron chi connectivity index (χ1n) is 10.5. The number of hydrogen-bond donors (Lipinski definition) is 2. The van der Waals surface area contributed by atoms with Crippen molar-refractivity contribution in [2.75, 3.05) is 6.61 Å². The maximum Gasteiger partial charge on any atom is 0.277 e. The number of aromatic nitrogens is 1. The zero-order valence-electron chi connectivity index (χ0n) is 19.1. The number of benzene rings is 2. The van der Waals surface area contributed by atoms with Gasteiger partial charge in [0.15, 0.2) is 6.61 Å². The van der Waals surface area contributed by atoms with E-state index in [4.69, 9.17) is 9.88 Å². The highest BCUT2D eigenvalue weighted by Gasteiger charge is 2.12. The van der Waals surface area contributed by atoms with Gasteiger partial charge in [-0.2, -0.15) is 5.10 Å². The molecule has 3 N–H and O–H groups in total. The summed E-state index contributed by atoms with van der Waals surface area (Å²) in [5.74, 6) is 0.293. The molecule has 2 aromatic carbocycles. The van der Waals surface area contributed by atoms with Crippen molar-refractivity contribution in [2.45, 2.75) is 39.0 Å². The SMILES string of the molecule is CCc1cc(C)cc(OCC(=O)N/N=C/c2cc(C)n(-c3ccc(S(N)(=O)=O)cc3)c2C)c1. The Labute approximate surface area is 194 Å². The second-order valence-corrected chi connectivity index (χ2v) is 9.35. The monoisotopic (exact) mass is 468 g/mol. The molecule has 33 heavy (non-hydrogen) atoms. The van der Waals surface area contributed by atoms with E-state index < -0.39 is 10.0 Å². The highest BCUT2D eigenvalue weighted by molar-refractivity contribution is 7.89. The maximum absolute atomic E-state index is 12.1. The largest absolute Gasteiger partial charge is 0.484 e. The van der Waals surface area contributed by atoms with Crippen molar-refractivity contribution in [1.29, 1.82) is 0 Å². The molecule has 0 aliphatic rings. The normalized spacial score (nSPS) is 11.7. The number of ether oxygens (including phenoxy) is 1. The number of rotatable bonds is 8. The molecule has 3 rings (SSSR count). The summed E-state index contributed by atoms with van der Waals surface area (Å²) in [5, 5.41) is 9.21. The van der Waals surface area contributed by atoms with Crippen LogP contribution in [0.3, 0.4) is 0 Å². The van der Waals surface area contributed by atoms with E-state index in [9.17, 15) is 13.2 Å². The number of nitrogens with zero attached hydrogens (tertiary/aromatic N) is 2. The maximum atomic E-state index is 12.1. The van der Waals surface area contributed by atoms with Gasteiger partial charge in [0.2, 0.25) is 10.0 Å². The molecule has 1 aromatic heterocycles. The molecule has 0 spiro atoms. The predicted molar refractivity (Wildman–Crippen MR) is 128 cm³/mol. The Balaban J connectivity index is 1.65. The highest BCUT2D eigenvalue weighted by Crippen LogP contribution is 2.21. The van der Waals surface area contributed by atoms with E-state index in [1.54, 1.807) is 18.3 Å². The summed E-state index contributed by atoms with van der Waals surface area (Å²) in [6.45, 7) is 7.75. The van der Waals surface area contributed by atoms with Crippen molar-refractivity contribution in [3.05, 3.63) is 76.6 Å². The topological polar surface area (TPSA) is 116 Å². The van der Waals surface area contributed by atoms with Gasteiger partial charge in [0.1, 0.15) is 5.75 Å². The van der Waals surface area contributed by atoms with Crippen molar-refractivity contribution >= 4 is 22.1 Å². The Hall–Kier alpha value is -3.43. The van der Waals surface area contributed by atoms with Gasteiger partial charge in [0, 0.05) is 22.6 Å². The number of sulfonamides is 1. The summed E-state index contributed by atoms with van der Waals surface area (Å²) < 4.78 is 30.5. The predicted octanol–water partition coefficient (Wildman–Crippen LogP) is 3.14. The molecule has 0 radical (unpaired) electrons. The fourth-order valence-corrected chi connectivity index (χ4v) is 4.08. The first-order valence-corrected chi connectivity index (χ1v) is 12.0. The molecule has 0 atom stereocenters. The standard InChI is InChI=1S/C24H28N4O4S/c1-5-19-10-16(2)11-22(13-19)32-15-24(29)27-26-14-20-12-17(3)28(18(20)4)21-6-8-23(9-7-21)33(25,30)31/h6-14H,5,15H2,1-4H3,(H,27,29)(H2,25,30,31)/b26-14+. The van der Waals surface area contributed by atoms with E-state index in [1.807, 2.05) is 43.5 Å². The number of nitrogens with one attached hydrogen (secondary N) is 1. The molecule has 1 heterocycles. The quantitative estimate of drug-likeness (QED) is 0.390. The molecule has 0 bridgehead atoms. The van der Waals surface area contributed by atoms with E-state index in [0.29, 0.717) is 5.75 Å². The van der Waals surface area contributed by atoms with E-state index in [2.05, 4.69) is 23.5 Å². The van der Waals surface area contributed by atoms with Crippen LogP contribution in [0.1, 0.15) is 35.0 Å². The Morgan fingerprint density at radius 1 is 1.12 bits per heavy atom. The fourth-order valence-electron chi connectivity index (χ4n) is 3.57. The highest BCUT2D eigenvalue weighted by atomic mass is 32.2. The molecule has 0 aliphatic heterocycles. The summed E-state index contributed by atoms with van der Waals surface area (Å²) in [5.41, 5.74) is 8.13. The van der Waals surface area contributed by atoms with Crippen LogP contribution < -0.4 is 15.3 Å². The second kappa shape index (κ2) is 10.0. The van der Waals surface area contributed by atoms with E-state index >= 15 is 0 Å². The molecular weight excluding hydrogens is 440 g/mol. The van der Waals surface area contributed by atoms with Crippen molar-refractivity contribution in [3.63, 3.8) is 0 Å². The Kier molecular flexibility index (Phi) is 7.35. The van der Waals surface area contributed by atoms with Crippen molar-refractivity contribution in [3.8, 4) is 11.4 Å². The minimum Gasteiger partial charge on any atom is -0.484 e. The van der Waals surface area contributed by atoms with Crippen LogP contribution in [0.5, 0.6) is 5.75 Å². The van der Waals surface area contributed by atoms with Gasteiger partial charge >= 0.3 is 0 Å². The number of hydrogen-bond acceptors (Lipinski definition) is 5. The average molecular weight is 469 g/mol. The summed E-state index contributed by atoms with van der Waals surface area (Å²) >= 11 is 0. The van der Waals surface area contributed by atoms with Crippen molar-refractivity contribution in [2.24, 2.45) is 10.2 Å². The second-order valence-electron chi connectivity index (χ2n) is 7.79. The fraction of sp³-hybridized carbons (Fsp3) is 0.250. The van der Waals surface area contributed by atoms with E-state index in [0.717, 1.165) is 40.2 Å². The van der Waals surface area contributed by atoms with Crippen molar-refractivity contribution in [1.82, 2.24) is 9.99 Å². The van der Waals surface area contributed by atoms with Crippen LogP contribution in [0.25, 0.3) is 5.69 Å². The molecule has 0 unspecified atom stereocenters. The summed E-state index contributed by atoms with van der Waals surface area (Å²) in [6, 6.07) is 14.1. The molecule has 174 valence electrons. The minimum absolute atomic E-state index is 0.0528. The van der Waals surface area contributed by atoms with Crippen LogP contribution in [0.4, 0.5) is 0 Å². The minimum atomic E-state index is -3.75. The average Bonchev–Trinajstić information content (AvgIpc) is 3.04. The number of amides is 1. The van der Waals surface area contributed by atoms with Gasteiger partial charge in [-0.3, -0.25) is 4.79 Å². The Bertz CT molecular complexity index is 1290. The van der Waals surface area contributed by atoms with Gasteiger partial charge in [-0.05, 0) is 80.8 Å². The summed E-state index contributed by atoms with van der Waals surface area (Å²) in [4.78, 5) is 12.2. The number of aryl methyl sites for hydroxylation is 3. The number of nitrogens with two attached hydrogens (primary N) is 1. The summed E-state index contributed by atoms with van der Waals surface area (Å²) in [7, 11) is -3.75. The number of hydrazone groups is 1. The zero-order chi connectivity index (χ0) is 24.2. The first kappa shape index (κ1) is 24.2. The lowest BCUT2D eigenvalue weighted by molar-refractivity contribution is -0.123. The van der Waals surface area contributed by atoms with Gasteiger partial charge in [0.25, 0.3) is 5.91 Å². The molecule has 3 aromatic rings. The van der Waals surface area contributed by atoms with Crippen LogP contribution in [-0.2, 0) is 21.2 Å². The van der Waals surface area contributed by atoms with Crippen LogP contribution >= 0.6 is 0 Å². The molecule has 0 fully saturated rings. The van der Waals surface area contributed by atoms with Crippen molar-refractivity contribution < 1.29 is 17.9 Å². The van der Waals surface area contributed by atoms with Crippen LogP contribution in [-0.4, -0.2) is 31.7 Å². The number of carbonyl (C=O) groups is 1. The van der Waals surface area contributed by atoms with E-state index in [1.165, 1.54) is 12.1 Å². The van der Waals surface area contributed by atoms with Crippen LogP contribution in [0, 0.1) is 20.8 Å². The molecule has 0 saturated heterocycles. The Morgan fingerprint density at radius 2 is 1.82 bits per heavy atom. The third-order valence-corrected chi connectivity index (χ3v) is 6.10. The van der Waals surface area contributed by atoms with Crippen LogP contribution in [0.2, 0.25) is 0 Å². The molecule has 9 heteroatoms. The lowest BCUT2D eigenvalue weighted by Crippen LogP contribution is -2.24. The molecular formula is C24H28N4O4S. The van der Waals surface area contributed by atoms with E-state index in [-0.39, 0.29) is 17.4 Å². The third-order valence-electron chi connectivity index (χ3n) is 5.18. The lowest BCUT2D eigenvalue weighted by atomic mass is 10.1. The molecule has 8 nitrogen and oxygen atoms in total. The Morgan fingerprint density at radius 3 is 2.45 bits per heavy atom. The summed E-state index contributed by atoms with van der Waals surface area (Å²) in [6.07, 6.45) is 2.46. The van der Waals surface area contributed by atoms with Gasteiger partial charge in [-0.15, -0.1) is 0 Å². The molecule has 1 amide bonds. The number of carbonyl (C=O) groups excluding carboxylic acids is 1. The molecule has 0 aliphatic carbocycles. The third kappa shape index (κ3) is 6.09. The van der Waals surface area contributed by atoms with Gasteiger partial charge in [0.05, 0.1) is 11.1 Å².